The number of ketones is 1. The minimum atomic E-state index is -2.56. The Kier molecular flexibility index (Phi) is 6.63. The fourth-order valence-electron chi connectivity index (χ4n) is 4.00. The predicted molar refractivity (Wildman–Crippen MR) is 119 cm³/mol. The van der Waals surface area contributed by atoms with Gasteiger partial charge in [0.25, 0.3) is 5.92 Å². The Morgan fingerprint density at radius 3 is 2.56 bits per heavy atom. The van der Waals surface area contributed by atoms with Gasteiger partial charge in [-0.1, -0.05) is 26.0 Å². The second-order valence-electron chi connectivity index (χ2n) is 8.87. The lowest BCUT2D eigenvalue weighted by molar-refractivity contribution is -0.119. The summed E-state index contributed by atoms with van der Waals surface area (Å²) in [5, 5.41) is 0. The third kappa shape index (κ3) is 5.56. The number of Topliss-reactive ketones (excluding diaryl/α,β-unsaturated/α-hetero) is 1. The van der Waals surface area contributed by atoms with Crippen LogP contribution in [0.4, 0.5) is 14.6 Å². The van der Waals surface area contributed by atoms with Gasteiger partial charge in [0.05, 0.1) is 25.3 Å². The molecule has 1 aromatic heterocycles. The molecule has 1 aliphatic carbocycles. The monoisotopic (exact) mass is 444 g/mol. The topological polar surface area (TPSA) is 51.7 Å². The molecule has 0 radical (unpaired) electrons. The Balaban J connectivity index is 1.25. The van der Waals surface area contributed by atoms with Crippen LogP contribution in [0.5, 0.6) is 11.5 Å². The Labute approximate surface area is 187 Å². The summed E-state index contributed by atoms with van der Waals surface area (Å²) < 4.78 is 37.5. The highest BCUT2D eigenvalue weighted by molar-refractivity contribution is 5.78. The Morgan fingerprint density at radius 1 is 1.22 bits per heavy atom. The number of halogens is 2. The Morgan fingerprint density at radius 2 is 1.94 bits per heavy atom. The fraction of sp³-hybridized carbons (Fsp3) is 0.520. The van der Waals surface area contributed by atoms with Crippen LogP contribution in [0, 0.1) is 5.92 Å². The summed E-state index contributed by atoms with van der Waals surface area (Å²) in [5.41, 5.74) is 1.14. The van der Waals surface area contributed by atoms with Crippen molar-refractivity contribution in [2.75, 3.05) is 24.6 Å². The number of aromatic nitrogens is 1. The molecule has 4 rings (SSSR count). The SMILES string of the molecule is CCC(=O)C[C@@H](C)c1ccc(OC2CCN(c3ccc(OCC4CC4(F)F)cn3)C2)cc1. The molecule has 3 atom stereocenters. The van der Waals surface area contributed by atoms with Gasteiger partial charge in [0.2, 0.25) is 0 Å². The second-order valence-corrected chi connectivity index (χ2v) is 8.87. The first-order chi connectivity index (χ1) is 15.3. The number of hydrogen-bond acceptors (Lipinski definition) is 5. The number of hydrogen-bond donors (Lipinski definition) is 0. The van der Waals surface area contributed by atoms with Crippen molar-refractivity contribution in [2.45, 2.75) is 57.5 Å². The number of benzene rings is 1. The van der Waals surface area contributed by atoms with Crippen molar-refractivity contribution in [1.29, 1.82) is 0 Å². The van der Waals surface area contributed by atoms with Gasteiger partial charge in [0.15, 0.2) is 0 Å². The van der Waals surface area contributed by atoms with Crippen LogP contribution < -0.4 is 14.4 Å². The highest BCUT2D eigenvalue weighted by Crippen LogP contribution is 2.48. The number of ether oxygens (including phenoxy) is 2. The molecule has 1 aliphatic heterocycles. The van der Waals surface area contributed by atoms with Crippen molar-refractivity contribution in [2.24, 2.45) is 5.92 Å². The number of rotatable bonds is 10. The van der Waals surface area contributed by atoms with E-state index in [2.05, 4.69) is 16.8 Å². The highest BCUT2D eigenvalue weighted by Gasteiger charge is 2.57. The molecule has 5 nitrogen and oxygen atoms in total. The van der Waals surface area contributed by atoms with Gasteiger partial charge in [-0.2, -0.15) is 0 Å². The Hall–Kier alpha value is -2.70. The van der Waals surface area contributed by atoms with Crippen LogP contribution >= 0.6 is 0 Å². The summed E-state index contributed by atoms with van der Waals surface area (Å²) in [5.74, 6) is -0.593. The van der Waals surface area contributed by atoms with E-state index < -0.39 is 11.8 Å². The number of nitrogens with zero attached hydrogens (tertiary/aromatic N) is 2. The second kappa shape index (κ2) is 9.43. The smallest absolute Gasteiger partial charge is 0.255 e. The first-order valence-electron chi connectivity index (χ1n) is 11.3. The molecule has 1 saturated carbocycles. The van der Waals surface area contributed by atoms with Gasteiger partial charge in [-0.15, -0.1) is 0 Å². The van der Waals surface area contributed by atoms with E-state index in [0.717, 1.165) is 36.6 Å². The lowest BCUT2D eigenvalue weighted by atomic mass is 9.95. The number of carbonyl (C=O) groups is 1. The van der Waals surface area contributed by atoms with Gasteiger partial charge in [-0.05, 0) is 35.7 Å². The molecule has 172 valence electrons. The maximum Gasteiger partial charge on any atom is 0.255 e. The van der Waals surface area contributed by atoms with Crippen LogP contribution in [0.1, 0.15) is 51.0 Å². The third-order valence-electron chi connectivity index (χ3n) is 6.28. The molecular formula is C25H30F2N2O3. The number of alkyl halides is 2. The number of pyridine rings is 1. The van der Waals surface area contributed by atoms with Crippen LogP contribution in [0.25, 0.3) is 0 Å². The predicted octanol–water partition coefficient (Wildman–Crippen LogP) is 5.25. The molecule has 2 unspecified atom stereocenters. The van der Waals surface area contributed by atoms with Crippen molar-refractivity contribution in [1.82, 2.24) is 4.98 Å². The van der Waals surface area contributed by atoms with Crippen molar-refractivity contribution in [3.05, 3.63) is 48.2 Å². The van der Waals surface area contributed by atoms with Crippen LogP contribution in [0.15, 0.2) is 42.6 Å². The van der Waals surface area contributed by atoms with Gasteiger partial charge >= 0.3 is 0 Å². The largest absolute Gasteiger partial charge is 0.491 e. The van der Waals surface area contributed by atoms with Crippen molar-refractivity contribution in [3.63, 3.8) is 0 Å². The van der Waals surface area contributed by atoms with E-state index in [1.54, 1.807) is 12.3 Å². The van der Waals surface area contributed by atoms with Crippen LogP contribution in [-0.4, -0.2) is 42.5 Å². The molecule has 2 aromatic rings. The maximum absolute atomic E-state index is 12.9. The van der Waals surface area contributed by atoms with E-state index in [0.29, 0.717) is 18.6 Å². The lowest BCUT2D eigenvalue weighted by Crippen LogP contribution is -2.25. The molecule has 0 N–H and O–H groups in total. The molecule has 2 fully saturated rings. The molecule has 0 amide bonds. The molecule has 0 spiro atoms. The molecule has 32 heavy (non-hydrogen) atoms. The van der Waals surface area contributed by atoms with Gasteiger partial charge in [-0.3, -0.25) is 4.79 Å². The van der Waals surface area contributed by atoms with E-state index >= 15 is 0 Å². The lowest BCUT2D eigenvalue weighted by Gasteiger charge is -2.19. The van der Waals surface area contributed by atoms with Gasteiger partial charge < -0.3 is 14.4 Å². The van der Waals surface area contributed by atoms with Gasteiger partial charge in [0.1, 0.15) is 29.2 Å². The molecule has 1 saturated heterocycles. The van der Waals surface area contributed by atoms with E-state index in [1.165, 1.54) is 0 Å². The molecule has 0 bridgehead atoms. The zero-order valence-electron chi connectivity index (χ0n) is 18.6. The molecule has 2 heterocycles. The van der Waals surface area contributed by atoms with E-state index in [1.807, 2.05) is 37.3 Å². The van der Waals surface area contributed by atoms with Crippen LogP contribution in [0.2, 0.25) is 0 Å². The summed E-state index contributed by atoms with van der Waals surface area (Å²) >= 11 is 0. The van der Waals surface area contributed by atoms with Crippen molar-refractivity contribution in [3.8, 4) is 11.5 Å². The van der Waals surface area contributed by atoms with E-state index in [-0.39, 0.29) is 30.8 Å². The average Bonchev–Trinajstić information content (AvgIpc) is 3.16. The van der Waals surface area contributed by atoms with Crippen molar-refractivity contribution >= 4 is 11.6 Å². The fourth-order valence-corrected chi connectivity index (χ4v) is 4.00. The minimum Gasteiger partial charge on any atom is -0.491 e. The summed E-state index contributed by atoms with van der Waals surface area (Å²) in [6.07, 6.45) is 3.60. The maximum atomic E-state index is 12.9. The van der Waals surface area contributed by atoms with Crippen molar-refractivity contribution < 1.29 is 23.0 Å². The number of carbonyl (C=O) groups excluding carboxylic acids is 1. The highest BCUT2D eigenvalue weighted by atomic mass is 19.3. The molecule has 1 aromatic carbocycles. The van der Waals surface area contributed by atoms with Crippen LogP contribution in [0.3, 0.4) is 0 Å². The average molecular weight is 445 g/mol. The molecule has 2 aliphatic rings. The summed E-state index contributed by atoms with van der Waals surface area (Å²) in [7, 11) is 0. The zero-order valence-corrected chi connectivity index (χ0v) is 18.6. The zero-order chi connectivity index (χ0) is 22.7. The number of anilines is 1. The van der Waals surface area contributed by atoms with E-state index in [9.17, 15) is 13.6 Å². The molecule has 7 heteroatoms. The first kappa shape index (κ1) is 22.5. The Bertz CT molecular complexity index is 918. The normalized spacial score (nSPS) is 22.4. The van der Waals surface area contributed by atoms with Gasteiger partial charge in [-0.25, -0.2) is 13.8 Å². The van der Waals surface area contributed by atoms with Gasteiger partial charge in [0, 0.05) is 32.2 Å². The summed E-state index contributed by atoms with van der Waals surface area (Å²) in [6.45, 7) is 5.56. The quantitative estimate of drug-likeness (QED) is 0.501. The summed E-state index contributed by atoms with van der Waals surface area (Å²) in [4.78, 5) is 18.3. The summed E-state index contributed by atoms with van der Waals surface area (Å²) in [6, 6.07) is 11.6. The molecular weight excluding hydrogens is 414 g/mol. The minimum absolute atomic E-state index is 0.0279. The van der Waals surface area contributed by atoms with Crippen LogP contribution in [-0.2, 0) is 4.79 Å². The third-order valence-corrected chi connectivity index (χ3v) is 6.28. The van der Waals surface area contributed by atoms with E-state index in [4.69, 9.17) is 9.47 Å². The first-order valence-corrected chi connectivity index (χ1v) is 11.3. The standard InChI is InChI=1S/C25H30F2N2O3/c1-3-20(30)12-17(2)18-4-6-21(7-5-18)32-23-10-11-29(15-23)24-9-8-22(14-28-24)31-16-19-13-25(19,26)27/h4-9,14,17,19,23H,3,10-13,15-16H2,1-2H3/t17-,19?,23?/m1/s1.